The monoisotopic (exact) mass is 323 g/mol. The fraction of sp³-hybridized carbons (Fsp3) is 0.400. The van der Waals surface area contributed by atoms with Gasteiger partial charge in [-0.2, -0.15) is 5.10 Å². The van der Waals surface area contributed by atoms with Gasteiger partial charge in [-0.15, -0.1) is 0 Å². The van der Waals surface area contributed by atoms with Crippen molar-refractivity contribution < 1.29 is 13.2 Å². The van der Waals surface area contributed by atoms with Crippen LogP contribution in [0.25, 0.3) is 0 Å². The topological polar surface area (TPSA) is 73.2 Å². The Morgan fingerprint density at radius 1 is 1.27 bits per heavy atom. The van der Waals surface area contributed by atoms with Gasteiger partial charge in [0.05, 0.1) is 29.0 Å². The van der Waals surface area contributed by atoms with E-state index in [4.69, 9.17) is 4.74 Å². The van der Waals surface area contributed by atoms with Crippen molar-refractivity contribution in [3.05, 3.63) is 41.6 Å². The van der Waals surface area contributed by atoms with Crippen LogP contribution in [0.3, 0.4) is 0 Å². The van der Waals surface area contributed by atoms with Crippen LogP contribution in [0, 0.1) is 6.92 Å². The molecule has 120 valence electrons. The number of sulfone groups is 1. The molecule has 0 radical (unpaired) electrons. The molecule has 0 spiro atoms. The minimum absolute atomic E-state index is 0.0542. The quantitative estimate of drug-likeness (QED) is 0.778. The molecule has 0 aliphatic rings. The van der Waals surface area contributed by atoms with Gasteiger partial charge in [0, 0.05) is 20.1 Å². The van der Waals surface area contributed by atoms with Gasteiger partial charge in [0.25, 0.3) is 0 Å². The molecule has 22 heavy (non-hydrogen) atoms. The summed E-state index contributed by atoms with van der Waals surface area (Å²) in [5, 5.41) is 7.43. The van der Waals surface area contributed by atoms with Gasteiger partial charge < -0.3 is 10.1 Å². The summed E-state index contributed by atoms with van der Waals surface area (Å²) in [6, 6.07) is 8.48. The smallest absolute Gasteiger partial charge is 0.216 e. The highest BCUT2D eigenvalue weighted by Gasteiger charge is 2.15. The maximum Gasteiger partial charge on any atom is 0.216 e. The van der Waals surface area contributed by atoms with E-state index in [1.54, 1.807) is 42.1 Å². The van der Waals surface area contributed by atoms with Crippen LogP contribution in [-0.2, 0) is 23.4 Å². The van der Waals surface area contributed by atoms with Gasteiger partial charge in [0.15, 0.2) is 9.84 Å². The van der Waals surface area contributed by atoms with E-state index in [9.17, 15) is 8.42 Å². The summed E-state index contributed by atoms with van der Waals surface area (Å²) in [5.41, 5.74) is 1.82. The Bertz CT molecular complexity index is 724. The van der Waals surface area contributed by atoms with E-state index >= 15 is 0 Å². The summed E-state index contributed by atoms with van der Waals surface area (Å²) >= 11 is 0. The van der Waals surface area contributed by atoms with E-state index in [1.807, 2.05) is 14.0 Å². The Morgan fingerprint density at radius 2 is 1.95 bits per heavy atom. The summed E-state index contributed by atoms with van der Waals surface area (Å²) in [6.45, 7) is 2.79. The van der Waals surface area contributed by atoms with Gasteiger partial charge in [-0.25, -0.2) is 13.1 Å². The molecule has 0 saturated heterocycles. The molecular weight excluding hydrogens is 302 g/mol. The number of nitrogens with zero attached hydrogens (tertiary/aromatic N) is 2. The van der Waals surface area contributed by atoms with Crippen LogP contribution in [0.4, 0.5) is 0 Å². The lowest BCUT2D eigenvalue weighted by atomic mass is 10.2. The molecular formula is C15H21N3O3S. The second kappa shape index (κ2) is 6.93. The minimum Gasteiger partial charge on any atom is -0.481 e. The van der Waals surface area contributed by atoms with Crippen LogP contribution in [0.15, 0.2) is 35.2 Å². The normalized spacial score (nSPS) is 11.6. The lowest BCUT2D eigenvalue weighted by Gasteiger charge is -2.08. The summed E-state index contributed by atoms with van der Waals surface area (Å²) in [4.78, 5) is 0.354. The summed E-state index contributed by atoms with van der Waals surface area (Å²) in [6.07, 6.45) is 0. The van der Waals surface area contributed by atoms with Crippen molar-refractivity contribution in [2.45, 2.75) is 18.4 Å². The lowest BCUT2D eigenvalue weighted by Crippen LogP contribution is -2.23. The van der Waals surface area contributed by atoms with E-state index in [1.165, 1.54) is 0 Å². The molecule has 2 aromatic rings. The van der Waals surface area contributed by atoms with Gasteiger partial charge in [-0.05, 0) is 19.1 Å². The molecule has 1 aromatic heterocycles. The van der Waals surface area contributed by atoms with Crippen LogP contribution >= 0.6 is 0 Å². The molecule has 0 bridgehead atoms. The molecule has 1 N–H and O–H groups in total. The van der Waals surface area contributed by atoms with Gasteiger partial charge in [0.1, 0.15) is 0 Å². The first-order chi connectivity index (χ1) is 10.5. The molecule has 1 aromatic carbocycles. The van der Waals surface area contributed by atoms with Crippen LogP contribution in [0.5, 0.6) is 5.88 Å². The molecule has 7 heteroatoms. The number of aromatic nitrogens is 2. The van der Waals surface area contributed by atoms with Crippen molar-refractivity contribution in [3.63, 3.8) is 0 Å². The van der Waals surface area contributed by atoms with E-state index < -0.39 is 9.84 Å². The largest absolute Gasteiger partial charge is 0.481 e. The number of nitrogens with one attached hydrogen (secondary N) is 1. The maximum absolute atomic E-state index is 12.2. The molecule has 0 amide bonds. The van der Waals surface area contributed by atoms with Gasteiger partial charge in [-0.3, -0.25) is 0 Å². The first-order valence-corrected chi connectivity index (χ1v) is 8.66. The first-order valence-electron chi connectivity index (χ1n) is 7.00. The second-order valence-corrected chi connectivity index (χ2v) is 7.11. The number of benzene rings is 1. The Balaban J connectivity index is 1.93. The molecule has 0 saturated carbocycles. The van der Waals surface area contributed by atoms with Gasteiger partial charge in [-0.1, -0.05) is 18.2 Å². The van der Waals surface area contributed by atoms with Gasteiger partial charge >= 0.3 is 0 Å². The van der Waals surface area contributed by atoms with E-state index in [0.717, 1.165) is 11.3 Å². The average Bonchev–Trinajstić information content (AvgIpc) is 2.78. The van der Waals surface area contributed by atoms with Crippen LogP contribution < -0.4 is 10.1 Å². The van der Waals surface area contributed by atoms with Gasteiger partial charge in [0.2, 0.25) is 5.88 Å². The standard InChI is InChI=1S/C15H21N3O3S/c1-12-14(15(21-3)18(2)17-12)11-16-9-10-22(19,20)13-7-5-4-6-8-13/h4-8,16H,9-11H2,1-3H3. The van der Waals surface area contributed by atoms with Crippen molar-refractivity contribution >= 4 is 9.84 Å². The zero-order valence-corrected chi connectivity index (χ0v) is 13.9. The zero-order chi connectivity index (χ0) is 16.2. The predicted molar refractivity (Wildman–Crippen MR) is 84.7 cm³/mol. The Morgan fingerprint density at radius 3 is 2.59 bits per heavy atom. The number of hydrogen-bond acceptors (Lipinski definition) is 5. The highest BCUT2D eigenvalue weighted by atomic mass is 32.2. The third-order valence-corrected chi connectivity index (χ3v) is 5.17. The number of ether oxygens (including phenoxy) is 1. The molecule has 2 rings (SSSR count). The first kappa shape index (κ1) is 16.5. The van der Waals surface area contributed by atoms with Crippen LogP contribution in [0.1, 0.15) is 11.3 Å². The van der Waals surface area contributed by atoms with E-state index in [0.29, 0.717) is 23.9 Å². The highest BCUT2D eigenvalue weighted by Crippen LogP contribution is 2.20. The number of methoxy groups -OCH3 is 1. The van der Waals surface area contributed by atoms with Crippen molar-refractivity contribution in [3.8, 4) is 5.88 Å². The maximum atomic E-state index is 12.2. The van der Waals surface area contributed by atoms with E-state index in [-0.39, 0.29) is 5.75 Å². The van der Waals surface area contributed by atoms with Crippen molar-refractivity contribution in [2.24, 2.45) is 7.05 Å². The third-order valence-electron chi connectivity index (χ3n) is 3.43. The van der Waals surface area contributed by atoms with Crippen molar-refractivity contribution in [1.82, 2.24) is 15.1 Å². The number of hydrogen-bond donors (Lipinski definition) is 1. The third kappa shape index (κ3) is 3.66. The summed E-state index contributed by atoms with van der Waals surface area (Å²) in [7, 11) is 0.162. The molecule has 0 fully saturated rings. The Labute approximate surface area is 131 Å². The summed E-state index contributed by atoms with van der Waals surface area (Å²) < 4.78 is 31.3. The molecule has 0 unspecified atom stereocenters. The fourth-order valence-corrected chi connectivity index (χ4v) is 3.53. The molecule has 0 aliphatic carbocycles. The number of aryl methyl sites for hydroxylation is 2. The Kier molecular flexibility index (Phi) is 5.20. The highest BCUT2D eigenvalue weighted by molar-refractivity contribution is 7.91. The SMILES string of the molecule is COc1c(CNCCS(=O)(=O)c2ccccc2)c(C)nn1C. The minimum atomic E-state index is -3.25. The van der Waals surface area contributed by atoms with Crippen molar-refractivity contribution in [2.75, 3.05) is 19.4 Å². The predicted octanol–water partition coefficient (Wildman–Crippen LogP) is 1.30. The molecule has 6 nitrogen and oxygen atoms in total. The zero-order valence-electron chi connectivity index (χ0n) is 13.0. The fourth-order valence-electron chi connectivity index (χ4n) is 2.31. The molecule has 0 atom stereocenters. The van der Waals surface area contributed by atoms with Crippen LogP contribution in [0.2, 0.25) is 0 Å². The molecule has 1 heterocycles. The van der Waals surface area contributed by atoms with Crippen LogP contribution in [-0.4, -0.2) is 37.6 Å². The molecule has 0 aliphatic heterocycles. The lowest BCUT2D eigenvalue weighted by molar-refractivity contribution is 0.368. The second-order valence-electron chi connectivity index (χ2n) is 5.01. The summed E-state index contributed by atoms with van der Waals surface area (Å²) in [5.74, 6) is 0.745. The number of rotatable bonds is 7. The Hall–Kier alpha value is -1.86. The van der Waals surface area contributed by atoms with Crippen molar-refractivity contribution in [1.29, 1.82) is 0 Å². The van der Waals surface area contributed by atoms with E-state index in [2.05, 4.69) is 10.4 Å². The average molecular weight is 323 g/mol.